The lowest BCUT2D eigenvalue weighted by Crippen LogP contribution is -2.28. The van der Waals surface area contributed by atoms with Crippen molar-refractivity contribution in [1.29, 1.82) is 0 Å². The number of carbonyl (C=O) groups is 1. The van der Waals surface area contributed by atoms with Crippen molar-refractivity contribution in [3.8, 4) is 0 Å². The third kappa shape index (κ3) is 3.60. The van der Waals surface area contributed by atoms with E-state index in [1.807, 2.05) is 18.2 Å². The summed E-state index contributed by atoms with van der Waals surface area (Å²) < 4.78 is 0. The number of carbonyl (C=O) groups excluding carboxylic acids is 1. The van der Waals surface area contributed by atoms with Gasteiger partial charge in [-0.1, -0.05) is 24.3 Å². The Balaban J connectivity index is 1.64. The van der Waals surface area contributed by atoms with Gasteiger partial charge >= 0.3 is 0 Å². The number of nitrogens with one attached hydrogen (secondary N) is 2. The molecule has 0 saturated carbocycles. The van der Waals surface area contributed by atoms with E-state index in [1.54, 1.807) is 30.6 Å². The Morgan fingerprint density at radius 1 is 1.13 bits per heavy atom. The fourth-order valence-electron chi connectivity index (χ4n) is 2.41. The Kier molecular flexibility index (Phi) is 4.42. The molecule has 0 aliphatic heterocycles. The molecular formula is C17H16N4O2. The smallest absolute Gasteiger partial charge is 0.272 e. The lowest BCUT2D eigenvalue weighted by molar-refractivity contribution is -0.120. The highest BCUT2D eigenvalue weighted by atomic mass is 16.1. The van der Waals surface area contributed by atoms with Crippen LogP contribution in [-0.4, -0.2) is 27.6 Å². The molecule has 1 amide bonds. The number of aromatic nitrogens is 3. The molecule has 1 aromatic carbocycles. The molecule has 2 heterocycles. The van der Waals surface area contributed by atoms with Crippen LogP contribution in [0.15, 0.2) is 53.6 Å². The molecule has 116 valence electrons. The van der Waals surface area contributed by atoms with Crippen molar-refractivity contribution in [1.82, 2.24) is 20.5 Å². The summed E-state index contributed by atoms with van der Waals surface area (Å²) in [6.45, 7) is 0.534. The highest BCUT2D eigenvalue weighted by molar-refractivity contribution is 5.88. The molecule has 0 radical (unpaired) electrons. The molecule has 0 saturated heterocycles. The van der Waals surface area contributed by atoms with Crippen molar-refractivity contribution < 1.29 is 4.79 Å². The molecular weight excluding hydrogens is 292 g/mol. The molecule has 3 rings (SSSR count). The van der Waals surface area contributed by atoms with Gasteiger partial charge in [0.2, 0.25) is 5.91 Å². The van der Waals surface area contributed by atoms with Crippen LogP contribution in [-0.2, 0) is 17.6 Å². The first-order valence-electron chi connectivity index (χ1n) is 7.36. The SMILES string of the molecule is O=C(Cc1n[nH]c(=O)c2ccccc12)NCCc1cccnc1. The molecule has 0 spiro atoms. The van der Waals surface area contributed by atoms with Gasteiger partial charge in [-0.05, 0) is 24.1 Å². The Morgan fingerprint density at radius 2 is 1.96 bits per heavy atom. The largest absolute Gasteiger partial charge is 0.355 e. The van der Waals surface area contributed by atoms with Crippen LogP contribution < -0.4 is 10.9 Å². The van der Waals surface area contributed by atoms with E-state index >= 15 is 0 Å². The third-order valence-corrected chi connectivity index (χ3v) is 3.56. The zero-order chi connectivity index (χ0) is 16.1. The van der Waals surface area contributed by atoms with E-state index < -0.39 is 0 Å². The summed E-state index contributed by atoms with van der Waals surface area (Å²) >= 11 is 0. The topological polar surface area (TPSA) is 87.7 Å². The lowest BCUT2D eigenvalue weighted by atomic mass is 10.1. The monoisotopic (exact) mass is 308 g/mol. The second-order valence-corrected chi connectivity index (χ2v) is 5.18. The summed E-state index contributed by atoms with van der Waals surface area (Å²) in [4.78, 5) is 27.8. The van der Waals surface area contributed by atoms with Crippen LogP contribution in [0.3, 0.4) is 0 Å². The Hall–Kier alpha value is -3.02. The summed E-state index contributed by atoms with van der Waals surface area (Å²) in [5, 5.41) is 10.6. The summed E-state index contributed by atoms with van der Waals surface area (Å²) in [7, 11) is 0. The first kappa shape index (κ1) is 14.9. The molecule has 0 fully saturated rings. The minimum absolute atomic E-state index is 0.126. The van der Waals surface area contributed by atoms with E-state index in [0.29, 0.717) is 23.0 Å². The highest BCUT2D eigenvalue weighted by Crippen LogP contribution is 2.12. The molecule has 0 aliphatic rings. The predicted octanol–water partition coefficient (Wildman–Crippen LogP) is 1.22. The first-order chi connectivity index (χ1) is 11.2. The van der Waals surface area contributed by atoms with Gasteiger partial charge in [-0.15, -0.1) is 0 Å². The van der Waals surface area contributed by atoms with Gasteiger partial charge in [-0.3, -0.25) is 14.6 Å². The van der Waals surface area contributed by atoms with Crippen molar-refractivity contribution in [2.24, 2.45) is 0 Å². The Labute approximate surface area is 132 Å². The Morgan fingerprint density at radius 3 is 2.74 bits per heavy atom. The molecule has 2 aromatic heterocycles. The Bertz CT molecular complexity index is 874. The minimum atomic E-state index is -0.249. The zero-order valence-corrected chi connectivity index (χ0v) is 12.5. The number of nitrogens with zero attached hydrogens (tertiary/aromatic N) is 2. The summed E-state index contributed by atoms with van der Waals surface area (Å²) in [6.07, 6.45) is 4.35. The van der Waals surface area contributed by atoms with E-state index in [1.165, 1.54) is 0 Å². The summed E-state index contributed by atoms with van der Waals surface area (Å²) in [6, 6.07) is 11.0. The minimum Gasteiger partial charge on any atom is -0.355 e. The number of hydrogen-bond acceptors (Lipinski definition) is 4. The van der Waals surface area contributed by atoms with E-state index in [0.717, 1.165) is 12.0 Å². The van der Waals surface area contributed by atoms with Gasteiger partial charge in [0, 0.05) is 24.3 Å². The quantitative estimate of drug-likeness (QED) is 0.742. The molecule has 0 aliphatic carbocycles. The van der Waals surface area contributed by atoms with Gasteiger partial charge in [0.25, 0.3) is 5.56 Å². The number of rotatable bonds is 5. The van der Waals surface area contributed by atoms with Crippen LogP contribution in [0, 0.1) is 0 Å². The second-order valence-electron chi connectivity index (χ2n) is 5.18. The van der Waals surface area contributed by atoms with Gasteiger partial charge in [0.15, 0.2) is 0 Å². The van der Waals surface area contributed by atoms with Gasteiger partial charge in [0.1, 0.15) is 0 Å². The van der Waals surface area contributed by atoms with Crippen LogP contribution in [0.25, 0.3) is 10.8 Å². The fourth-order valence-corrected chi connectivity index (χ4v) is 2.41. The van der Waals surface area contributed by atoms with Crippen LogP contribution in [0.5, 0.6) is 0 Å². The highest BCUT2D eigenvalue weighted by Gasteiger charge is 2.10. The van der Waals surface area contributed by atoms with Crippen LogP contribution in [0.1, 0.15) is 11.3 Å². The van der Waals surface area contributed by atoms with Gasteiger partial charge in [-0.25, -0.2) is 5.10 Å². The van der Waals surface area contributed by atoms with Crippen LogP contribution >= 0.6 is 0 Å². The number of fused-ring (bicyclic) bond motifs is 1. The standard InChI is InChI=1S/C17H16N4O2/c22-16(19-9-7-12-4-3-8-18-11-12)10-15-13-5-1-2-6-14(13)17(23)21-20-15/h1-6,8,11H,7,9-10H2,(H,19,22)(H,21,23). The summed E-state index contributed by atoms with van der Waals surface area (Å²) in [5.41, 5.74) is 1.39. The fraction of sp³-hybridized carbons (Fsp3) is 0.176. The third-order valence-electron chi connectivity index (χ3n) is 3.56. The maximum absolute atomic E-state index is 12.1. The number of amides is 1. The van der Waals surface area contributed by atoms with Crippen LogP contribution in [0.2, 0.25) is 0 Å². The number of benzene rings is 1. The molecule has 0 atom stereocenters. The molecule has 6 heteroatoms. The molecule has 3 aromatic rings. The molecule has 2 N–H and O–H groups in total. The van der Waals surface area contributed by atoms with E-state index in [2.05, 4.69) is 20.5 Å². The predicted molar refractivity (Wildman–Crippen MR) is 87.0 cm³/mol. The van der Waals surface area contributed by atoms with Crippen molar-refractivity contribution in [3.05, 3.63) is 70.4 Å². The number of pyridine rings is 1. The zero-order valence-electron chi connectivity index (χ0n) is 12.5. The maximum Gasteiger partial charge on any atom is 0.272 e. The van der Waals surface area contributed by atoms with Gasteiger partial charge < -0.3 is 5.32 Å². The normalized spacial score (nSPS) is 10.6. The van der Waals surface area contributed by atoms with Crippen LogP contribution in [0.4, 0.5) is 0 Å². The van der Waals surface area contributed by atoms with Crippen molar-refractivity contribution >= 4 is 16.7 Å². The van der Waals surface area contributed by atoms with Crippen molar-refractivity contribution in [3.63, 3.8) is 0 Å². The molecule has 6 nitrogen and oxygen atoms in total. The number of hydrogen-bond donors (Lipinski definition) is 2. The average Bonchev–Trinajstić information content (AvgIpc) is 2.59. The van der Waals surface area contributed by atoms with Crippen molar-refractivity contribution in [2.75, 3.05) is 6.54 Å². The van der Waals surface area contributed by atoms with E-state index in [9.17, 15) is 9.59 Å². The number of aromatic amines is 1. The summed E-state index contributed by atoms with van der Waals surface area (Å²) in [5.74, 6) is -0.126. The average molecular weight is 308 g/mol. The lowest BCUT2D eigenvalue weighted by Gasteiger charge is -2.06. The van der Waals surface area contributed by atoms with E-state index in [-0.39, 0.29) is 17.9 Å². The second kappa shape index (κ2) is 6.83. The van der Waals surface area contributed by atoms with Gasteiger partial charge in [0.05, 0.1) is 17.5 Å². The molecule has 0 bridgehead atoms. The van der Waals surface area contributed by atoms with Crippen molar-refractivity contribution in [2.45, 2.75) is 12.8 Å². The number of H-pyrrole nitrogens is 1. The van der Waals surface area contributed by atoms with E-state index in [4.69, 9.17) is 0 Å². The first-order valence-corrected chi connectivity index (χ1v) is 7.36. The molecule has 23 heavy (non-hydrogen) atoms. The van der Waals surface area contributed by atoms with Gasteiger partial charge in [-0.2, -0.15) is 5.10 Å². The molecule has 0 unspecified atom stereocenters. The maximum atomic E-state index is 12.1.